The smallest absolute Gasteiger partial charge is 0.123 e. The van der Waals surface area contributed by atoms with Crippen molar-refractivity contribution in [3.8, 4) is 6.07 Å². The summed E-state index contributed by atoms with van der Waals surface area (Å²) in [6, 6.07) is 7.62. The molecule has 1 aromatic carbocycles. The fourth-order valence-corrected chi connectivity index (χ4v) is 1.18. The fourth-order valence-electron chi connectivity index (χ4n) is 1.18. The van der Waals surface area contributed by atoms with Crippen LogP contribution in [0.2, 0.25) is 0 Å². The Labute approximate surface area is 82.6 Å². The van der Waals surface area contributed by atoms with Crippen molar-refractivity contribution in [1.29, 1.82) is 5.26 Å². The molecular formula is C11H12FNO. The summed E-state index contributed by atoms with van der Waals surface area (Å²) in [5, 5.41) is 18.7. The fraction of sp³-hybridized carbons (Fsp3) is 0.364. The van der Waals surface area contributed by atoms with Gasteiger partial charge in [-0.25, -0.2) is 4.39 Å². The second-order valence-corrected chi connectivity index (χ2v) is 3.51. The molecule has 0 saturated heterocycles. The van der Waals surface area contributed by atoms with Crippen LogP contribution in [0.1, 0.15) is 19.4 Å². The van der Waals surface area contributed by atoms with Crippen molar-refractivity contribution in [1.82, 2.24) is 0 Å². The highest BCUT2D eigenvalue weighted by atomic mass is 19.1. The van der Waals surface area contributed by atoms with Crippen LogP contribution in [0.25, 0.3) is 0 Å². The molecule has 1 aromatic rings. The van der Waals surface area contributed by atoms with Crippen molar-refractivity contribution in [2.24, 2.45) is 5.92 Å². The molecule has 1 rings (SSSR count). The van der Waals surface area contributed by atoms with Crippen LogP contribution in [0.15, 0.2) is 24.3 Å². The molecule has 0 fully saturated rings. The molecule has 0 saturated carbocycles. The number of rotatable bonds is 2. The van der Waals surface area contributed by atoms with Gasteiger partial charge >= 0.3 is 0 Å². The van der Waals surface area contributed by atoms with Gasteiger partial charge in [-0.1, -0.05) is 12.1 Å². The maximum atomic E-state index is 12.9. The molecular weight excluding hydrogens is 181 g/mol. The molecule has 14 heavy (non-hydrogen) atoms. The van der Waals surface area contributed by atoms with Crippen LogP contribution in [0.5, 0.6) is 0 Å². The molecule has 0 heterocycles. The molecule has 74 valence electrons. The monoisotopic (exact) mass is 193 g/mol. The SMILES string of the molecule is CC(C#N)C(C)(O)c1cccc(F)c1. The summed E-state index contributed by atoms with van der Waals surface area (Å²) in [6.45, 7) is 3.11. The third-order valence-electron chi connectivity index (χ3n) is 2.45. The molecule has 0 aliphatic heterocycles. The lowest BCUT2D eigenvalue weighted by Gasteiger charge is -2.26. The Morgan fingerprint density at radius 1 is 1.57 bits per heavy atom. The van der Waals surface area contributed by atoms with Gasteiger partial charge in [-0.05, 0) is 31.5 Å². The van der Waals surface area contributed by atoms with Gasteiger partial charge in [0.25, 0.3) is 0 Å². The van der Waals surface area contributed by atoms with E-state index in [0.717, 1.165) is 0 Å². The maximum absolute atomic E-state index is 12.9. The van der Waals surface area contributed by atoms with E-state index in [4.69, 9.17) is 5.26 Å². The average Bonchev–Trinajstić information content (AvgIpc) is 2.16. The second kappa shape index (κ2) is 3.77. The van der Waals surface area contributed by atoms with E-state index in [0.29, 0.717) is 5.56 Å². The summed E-state index contributed by atoms with van der Waals surface area (Å²) in [4.78, 5) is 0. The quantitative estimate of drug-likeness (QED) is 0.782. The number of halogens is 1. The lowest BCUT2D eigenvalue weighted by molar-refractivity contribution is 0.0229. The predicted molar refractivity (Wildman–Crippen MR) is 50.7 cm³/mol. The number of nitrogens with zero attached hydrogens (tertiary/aromatic N) is 1. The molecule has 0 aliphatic rings. The third kappa shape index (κ3) is 1.91. The molecule has 3 heteroatoms. The molecule has 0 amide bonds. The maximum Gasteiger partial charge on any atom is 0.123 e. The average molecular weight is 193 g/mol. The van der Waals surface area contributed by atoms with E-state index in [1.807, 2.05) is 6.07 Å². The predicted octanol–water partition coefficient (Wildman–Crippen LogP) is 2.19. The van der Waals surface area contributed by atoms with Crippen LogP contribution in [0.4, 0.5) is 4.39 Å². The molecule has 0 aliphatic carbocycles. The minimum absolute atomic E-state index is 0.409. The van der Waals surface area contributed by atoms with Crippen molar-refractivity contribution in [3.05, 3.63) is 35.6 Å². The van der Waals surface area contributed by atoms with Gasteiger partial charge < -0.3 is 5.11 Å². The minimum Gasteiger partial charge on any atom is -0.384 e. The molecule has 0 aromatic heterocycles. The largest absolute Gasteiger partial charge is 0.384 e. The summed E-state index contributed by atoms with van der Waals surface area (Å²) >= 11 is 0. The van der Waals surface area contributed by atoms with Crippen molar-refractivity contribution >= 4 is 0 Å². The standard InChI is InChI=1S/C11H12FNO/c1-8(7-13)11(2,14)9-4-3-5-10(12)6-9/h3-6,8,14H,1-2H3. The zero-order valence-electron chi connectivity index (χ0n) is 8.16. The zero-order valence-corrected chi connectivity index (χ0v) is 8.16. The van der Waals surface area contributed by atoms with Gasteiger partial charge in [-0.15, -0.1) is 0 Å². The second-order valence-electron chi connectivity index (χ2n) is 3.51. The summed E-state index contributed by atoms with van der Waals surface area (Å²) in [7, 11) is 0. The molecule has 2 nitrogen and oxygen atoms in total. The summed E-state index contributed by atoms with van der Waals surface area (Å²) in [5.41, 5.74) is -0.886. The highest BCUT2D eigenvalue weighted by molar-refractivity contribution is 5.24. The van der Waals surface area contributed by atoms with Gasteiger partial charge in [0.15, 0.2) is 0 Å². The Hall–Kier alpha value is -1.40. The van der Waals surface area contributed by atoms with E-state index in [-0.39, 0.29) is 0 Å². The van der Waals surface area contributed by atoms with Crippen molar-refractivity contribution in [2.75, 3.05) is 0 Å². The number of hydrogen-bond acceptors (Lipinski definition) is 2. The Morgan fingerprint density at radius 3 is 2.71 bits per heavy atom. The van der Waals surface area contributed by atoms with Crippen molar-refractivity contribution in [3.63, 3.8) is 0 Å². The summed E-state index contributed by atoms with van der Waals surface area (Å²) in [6.07, 6.45) is 0. The van der Waals surface area contributed by atoms with Gasteiger partial charge in [-0.3, -0.25) is 0 Å². The highest BCUT2D eigenvalue weighted by Crippen LogP contribution is 2.28. The number of nitriles is 1. The van der Waals surface area contributed by atoms with Crippen molar-refractivity contribution in [2.45, 2.75) is 19.4 Å². The first-order chi connectivity index (χ1) is 6.48. The topological polar surface area (TPSA) is 44.0 Å². The van der Waals surface area contributed by atoms with E-state index < -0.39 is 17.3 Å². The Bertz CT molecular complexity index is 368. The van der Waals surface area contributed by atoms with E-state index in [9.17, 15) is 9.50 Å². The van der Waals surface area contributed by atoms with Gasteiger partial charge in [0.05, 0.1) is 12.0 Å². The van der Waals surface area contributed by atoms with Crippen LogP contribution in [0, 0.1) is 23.1 Å². The van der Waals surface area contributed by atoms with E-state index >= 15 is 0 Å². The van der Waals surface area contributed by atoms with Crippen molar-refractivity contribution < 1.29 is 9.50 Å². The van der Waals surface area contributed by atoms with E-state index in [1.165, 1.54) is 25.1 Å². The first-order valence-corrected chi connectivity index (χ1v) is 4.36. The Kier molecular flexibility index (Phi) is 2.87. The summed E-state index contributed by atoms with van der Waals surface area (Å²) < 4.78 is 12.9. The van der Waals surface area contributed by atoms with Crippen LogP contribution in [-0.4, -0.2) is 5.11 Å². The first kappa shape index (κ1) is 10.7. The van der Waals surface area contributed by atoms with Crippen LogP contribution in [0.3, 0.4) is 0 Å². The van der Waals surface area contributed by atoms with Gasteiger partial charge in [0.2, 0.25) is 0 Å². The van der Waals surface area contributed by atoms with Crippen LogP contribution < -0.4 is 0 Å². The normalized spacial score (nSPS) is 16.8. The first-order valence-electron chi connectivity index (χ1n) is 4.36. The Morgan fingerprint density at radius 2 is 2.21 bits per heavy atom. The van der Waals surface area contributed by atoms with Gasteiger partial charge in [-0.2, -0.15) is 5.26 Å². The highest BCUT2D eigenvalue weighted by Gasteiger charge is 2.30. The van der Waals surface area contributed by atoms with Gasteiger partial charge in [0, 0.05) is 0 Å². The van der Waals surface area contributed by atoms with Crippen LogP contribution in [-0.2, 0) is 5.60 Å². The zero-order chi connectivity index (χ0) is 10.8. The minimum atomic E-state index is -1.31. The molecule has 0 bridgehead atoms. The molecule has 2 atom stereocenters. The lowest BCUT2D eigenvalue weighted by Crippen LogP contribution is -2.28. The Balaban J connectivity index is 3.10. The molecule has 0 spiro atoms. The number of aliphatic hydroxyl groups is 1. The lowest BCUT2D eigenvalue weighted by atomic mass is 9.85. The summed E-state index contributed by atoms with van der Waals surface area (Å²) in [5.74, 6) is -0.989. The van der Waals surface area contributed by atoms with Crippen LogP contribution >= 0.6 is 0 Å². The third-order valence-corrected chi connectivity index (χ3v) is 2.45. The number of hydrogen-bond donors (Lipinski definition) is 1. The molecule has 0 radical (unpaired) electrons. The molecule has 2 unspecified atom stereocenters. The number of benzene rings is 1. The molecule has 1 N–H and O–H groups in total. The van der Waals surface area contributed by atoms with E-state index in [2.05, 4.69) is 0 Å². The van der Waals surface area contributed by atoms with Gasteiger partial charge in [0.1, 0.15) is 11.4 Å². The van der Waals surface area contributed by atoms with E-state index in [1.54, 1.807) is 13.0 Å².